The summed E-state index contributed by atoms with van der Waals surface area (Å²) >= 11 is 0. The lowest BCUT2D eigenvalue weighted by Gasteiger charge is -2.37. The molecular formula is C16H16F3N5O. The number of fused-ring (bicyclic) bond motifs is 1. The zero-order chi connectivity index (χ0) is 17.8. The first-order chi connectivity index (χ1) is 11.8. The smallest absolute Gasteiger partial charge is 0.357 e. The van der Waals surface area contributed by atoms with Crippen LogP contribution in [0, 0.1) is 0 Å². The quantitative estimate of drug-likeness (QED) is 0.857. The fourth-order valence-electron chi connectivity index (χ4n) is 3.55. The van der Waals surface area contributed by atoms with Crippen LogP contribution in [0.3, 0.4) is 0 Å². The SMILES string of the molecule is CC1=NC2(CCN(c3cc(C(F)(F)F)cc4cncn34)CC2)C(=O)N1. The third-order valence-corrected chi connectivity index (χ3v) is 4.84. The van der Waals surface area contributed by atoms with Crippen LogP contribution in [0.5, 0.6) is 0 Å². The van der Waals surface area contributed by atoms with Crippen LogP contribution >= 0.6 is 0 Å². The van der Waals surface area contributed by atoms with Crippen LogP contribution in [0.25, 0.3) is 5.52 Å². The van der Waals surface area contributed by atoms with Crippen molar-refractivity contribution in [3.63, 3.8) is 0 Å². The number of pyridine rings is 1. The van der Waals surface area contributed by atoms with Crippen molar-refractivity contribution in [1.29, 1.82) is 0 Å². The molecule has 2 aliphatic rings. The minimum absolute atomic E-state index is 0.124. The van der Waals surface area contributed by atoms with E-state index >= 15 is 0 Å². The zero-order valence-electron chi connectivity index (χ0n) is 13.5. The molecule has 4 rings (SSSR count). The van der Waals surface area contributed by atoms with Gasteiger partial charge >= 0.3 is 6.18 Å². The van der Waals surface area contributed by atoms with Gasteiger partial charge in [-0.05, 0) is 31.9 Å². The highest BCUT2D eigenvalue weighted by Crippen LogP contribution is 2.36. The summed E-state index contributed by atoms with van der Waals surface area (Å²) in [6.45, 7) is 2.62. The maximum atomic E-state index is 13.2. The van der Waals surface area contributed by atoms with Crippen molar-refractivity contribution >= 4 is 23.1 Å². The van der Waals surface area contributed by atoms with Gasteiger partial charge in [-0.25, -0.2) is 4.98 Å². The van der Waals surface area contributed by atoms with E-state index in [0.717, 1.165) is 12.1 Å². The van der Waals surface area contributed by atoms with E-state index in [-0.39, 0.29) is 5.91 Å². The molecular weight excluding hydrogens is 335 g/mol. The van der Waals surface area contributed by atoms with E-state index in [1.54, 1.807) is 11.3 Å². The molecule has 2 aromatic rings. The molecule has 1 N–H and O–H groups in total. The number of amides is 1. The fraction of sp³-hybridized carbons (Fsp3) is 0.438. The molecule has 0 atom stereocenters. The Bertz CT molecular complexity index is 878. The van der Waals surface area contributed by atoms with Gasteiger partial charge in [0.05, 0.1) is 17.3 Å². The highest BCUT2D eigenvalue weighted by atomic mass is 19.4. The molecule has 0 radical (unpaired) electrons. The monoisotopic (exact) mass is 351 g/mol. The Labute approximate surface area is 141 Å². The van der Waals surface area contributed by atoms with E-state index in [9.17, 15) is 18.0 Å². The second kappa shape index (κ2) is 5.21. The summed E-state index contributed by atoms with van der Waals surface area (Å²) in [6.07, 6.45) is -0.599. The summed E-state index contributed by atoms with van der Waals surface area (Å²) in [7, 11) is 0. The van der Waals surface area contributed by atoms with Crippen molar-refractivity contribution < 1.29 is 18.0 Å². The van der Waals surface area contributed by atoms with E-state index in [0.29, 0.717) is 43.1 Å². The Morgan fingerprint density at radius 3 is 2.56 bits per heavy atom. The number of nitrogens with one attached hydrogen (secondary N) is 1. The Morgan fingerprint density at radius 2 is 1.96 bits per heavy atom. The number of halogens is 3. The van der Waals surface area contributed by atoms with Crippen molar-refractivity contribution in [2.75, 3.05) is 18.0 Å². The first kappa shape index (κ1) is 15.9. The topological polar surface area (TPSA) is 62.0 Å². The van der Waals surface area contributed by atoms with Crippen LogP contribution in [-0.4, -0.2) is 39.8 Å². The fourth-order valence-corrected chi connectivity index (χ4v) is 3.55. The number of alkyl halides is 3. The second-order valence-corrected chi connectivity index (χ2v) is 6.46. The van der Waals surface area contributed by atoms with Gasteiger partial charge in [-0.2, -0.15) is 13.2 Å². The summed E-state index contributed by atoms with van der Waals surface area (Å²) < 4.78 is 41.2. The van der Waals surface area contributed by atoms with Gasteiger partial charge in [0.1, 0.15) is 23.5 Å². The average molecular weight is 351 g/mol. The Balaban J connectivity index is 1.67. The predicted molar refractivity (Wildman–Crippen MR) is 85.6 cm³/mol. The molecule has 0 aliphatic carbocycles. The van der Waals surface area contributed by atoms with E-state index < -0.39 is 17.3 Å². The van der Waals surface area contributed by atoms with Gasteiger partial charge in [0, 0.05) is 13.1 Å². The molecule has 2 aromatic heterocycles. The van der Waals surface area contributed by atoms with Gasteiger partial charge in [-0.15, -0.1) is 0 Å². The summed E-state index contributed by atoms with van der Waals surface area (Å²) in [5.41, 5.74) is -1.10. The van der Waals surface area contributed by atoms with E-state index in [2.05, 4.69) is 15.3 Å². The number of hydrogen-bond donors (Lipinski definition) is 1. The number of carbonyl (C=O) groups excluding carboxylic acids is 1. The van der Waals surface area contributed by atoms with Crippen molar-refractivity contribution in [2.24, 2.45) is 4.99 Å². The molecule has 9 heteroatoms. The summed E-state index contributed by atoms with van der Waals surface area (Å²) in [5, 5.41) is 2.71. The molecule has 132 valence electrons. The Morgan fingerprint density at radius 1 is 1.24 bits per heavy atom. The number of hydrogen-bond acceptors (Lipinski definition) is 4. The number of anilines is 1. The molecule has 1 spiro atoms. The van der Waals surface area contributed by atoms with Gasteiger partial charge in [-0.1, -0.05) is 0 Å². The molecule has 0 aromatic carbocycles. The van der Waals surface area contributed by atoms with Crippen LogP contribution in [0.4, 0.5) is 19.0 Å². The third-order valence-electron chi connectivity index (χ3n) is 4.84. The number of aliphatic imine (C=N–C) groups is 1. The van der Waals surface area contributed by atoms with Gasteiger partial charge in [0.2, 0.25) is 0 Å². The van der Waals surface area contributed by atoms with Crippen LogP contribution < -0.4 is 10.2 Å². The van der Waals surface area contributed by atoms with E-state index in [4.69, 9.17) is 0 Å². The molecule has 0 saturated carbocycles. The van der Waals surface area contributed by atoms with Crippen molar-refractivity contribution in [2.45, 2.75) is 31.5 Å². The number of rotatable bonds is 1. The Hall–Kier alpha value is -2.58. The zero-order valence-corrected chi connectivity index (χ0v) is 13.5. The first-order valence-electron chi connectivity index (χ1n) is 7.95. The van der Waals surface area contributed by atoms with E-state index in [1.807, 2.05) is 4.90 Å². The van der Waals surface area contributed by atoms with Gasteiger partial charge in [-0.3, -0.25) is 14.2 Å². The standard InChI is InChI=1S/C16H16F3N5O/c1-10-21-14(25)15(22-10)2-4-23(5-3-15)13-7-11(16(17,18)19)6-12-8-20-9-24(12)13/h6-9H,2-5H2,1H3,(H,21,22,25). The predicted octanol–water partition coefficient (Wildman–Crippen LogP) is 2.24. The number of carbonyl (C=O) groups is 1. The molecule has 1 amide bonds. The average Bonchev–Trinajstić information content (AvgIpc) is 3.11. The highest BCUT2D eigenvalue weighted by molar-refractivity contribution is 6.07. The lowest BCUT2D eigenvalue weighted by Crippen LogP contribution is -2.49. The number of nitrogens with zero attached hydrogens (tertiary/aromatic N) is 4. The van der Waals surface area contributed by atoms with Crippen LogP contribution in [0.1, 0.15) is 25.3 Å². The van der Waals surface area contributed by atoms with E-state index in [1.165, 1.54) is 12.5 Å². The second-order valence-electron chi connectivity index (χ2n) is 6.46. The maximum absolute atomic E-state index is 13.2. The summed E-state index contributed by atoms with van der Waals surface area (Å²) in [6, 6.07) is 2.22. The molecule has 2 aliphatic heterocycles. The lowest BCUT2D eigenvalue weighted by molar-refractivity contribution is -0.137. The van der Waals surface area contributed by atoms with Crippen molar-refractivity contribution in [3.8, 4) is 0 Å². The Kier molecular flexibility index (Phi) is 3.32. The molecule has 0 unspecified atom stereocenters. The molecule has 0 bridgehead atoms. The minimum atomic E-state index is -4.43. The minimum Gasteiger partial charge on any atom is -0.357 e. The largest absolute Gasteiger partial charge is 0.416 e. The highest BCUT2D eigenvalue weighted by Gasteiger charge is 2.45. The van der Waals surface area contributed by atoms with Gasteiger partial charge < -0.3 is 10.2 Å². The molecule has 25 heavy (non-hydrogen) atoms. The third kappa shape index (κ3) is 2.54. The van der Waals surface area contributed by atoms with Gasteiger partial charge in [0.15, 0.2) is 0 Å². The van der Waals surface area contributed by atoms with Crippen molar-refractivity contribution in [1.82, 2.24) is 14.7 Å². The summed E-state index contributed by atoms with van der Waals surface area (Å²) in [4.78, 5) is 22.4. The van der Waals surface area contributed by atoms with Gasteiger partial charge in [0.25, 0.3) is 5.91 Å². The normalized spacial score (nSPS) is 20.2. The number of amidine groups is 1. The van der Waals surface area contributed by atoms with Crippen LogP contribution in [0.15, 0.2) is 29.6 Å². The van der Waals surface area contributed by atoms with Crippen LogP contribution in [-0.2, 0) is 11.0 Å². The summed E-state index contributed by atoms with van der Waals surface area (Å²) in [5.74, 6) is 0.896. The first-order valence-corrected chi connectivity index (χ1v) is 7.95. The number of aromatic nitrogens is 2. The lowest BCUT2D eigenvalue weighted by atomic mass is 9.88. The molecule has 6 nitrogen and oxygen atoms in total. The molecule has 4 heterocycles. The molecule has 1 fully saturated rings. The maximum Gasteiger partial charge on any atom is 0.416 e. The number of imidazole rings is 1. The molecule has 1 saturated heterocycles. The van der Waals surface area contributed by atoms with Crippen LogP contribution in [0.2, 0.25) is 0 Å². The van der Waals surface area contributed by atoms with Crippen molar-refractivity contribution in [3.05, 3.63) is 30.2 Å². The number of piperidine rings is 1.